The molecule has 0 radical (unpaired) electrons. The summed E-state index contributed by atoms with van der Waals surface area (Å²) in [6.07, 6.45) is 0.290. The topological polar surface area (TPSA) is 82.0 Å². The molecule has 3 heterocycles. The Hall–Kier alpha value is -2.83. The van der Waals surface area contributed by atoms with E-state index in [1.54, 1.807) is 16.8 Å². The number of morpholine rings is 1. The molecule has 0 bridgehead atoms. The van der Waals surface area contributed by atoms with E-state index in [4.69, 9.17) is 19.6 Å². The van der Waals surface area contributed by atoms with E-state index in [9.17, 15) is 5.26 Å². The molecule has 0 aliphatic carbocycles. The predicted octanol–water partition coefficient (Wildman–Crippen LogP) is 5.35. The lowest BCUT2D eigenvalue weighted by atomic mass is 10.2. The quantitative estimate of drug-likeness (QED) is 0.387. The van der Waals surface area contributed by atoms with Crippen LogP contribution in [0.25, 0.3) is 0 Å². The van der Waals surface area contributed by atoms with Gasteiger partial charge in [-0.2, -0.15) is 10.4 Å². The summed E-state index contributed by atoms with van der Waals surface area (Å²) in [4.78, 5) is 4.98. The molecular formula is C25H26BrFN7OP. The summed E-state index contributed by atoms with van der Waals surface area (Å²) >= 11 is 3.68. The molecular weight excluding hydrogens is 544 g/mol. The van der Waals surface area contributed by atoms with E-state index >= 15 is 4.39 Å². The smallest absolute Gasteiger partial charge is 0.165 e. The number of rotatable bonds is 5. The summed E-state index contributed by atoms with van der Waals surface area (Å²) in [5, 5.41) is 15.0. The number of nitriles is 1. The molecule has 1 fully saturated rings. The fourth-order valence-corrected chi connectivity index (χ4v) is 9.05. The first-order chi connectivity index (χ1) is 17.5. The third-order valence-electron chi connectivity index (χ3n) is 6.34. The number of fused-ring (bicyclic) bond motifs is 1. The Balaban J connectivity index is 1.87. The van der Waals surface area contributed by atoms with Gasteiger partial charge in [0, 0.05) is 24.6 Å². The van der Waals surface area contributed by atoms with Crippen molar-refractivity contribution >= 4 is 45.9 Å². The van der Waals surface area contributed by atoms with E-state index in [-0.39, 0.29) is 5.82 Å². The maximum atomic E-state index is 15.2. The molecule has 0 saturated carbocycles. The summed E-state index contributed by atoms with van der Waals surface area (Å²) in [7, 11) is -0.820. The second-order valence-corrected chi connectivity index (χ2v) is 12.3. The third kappa shape index (κ3) is 4.20. The average Bonchev–Trinajstić information content (AvgIpc) is 3.21. The number of benzene rings is 2. The molecule has 2 aliphatic heterocycles. The molecule has 5 rings (SSSR count). The average molecular weight is 570 g/mol. The van der Waals surface area contributed by atoms with Gasteiger partial charge in [0.25, 0.3) is 0 Å². The maximum Gasteiger partial charge on any atom is 0.165 e. The summed E-state index contributed by atoms with van der Waals surface area (Å²) in [5.74, 6) is 0.774. The molecule has 11 heteroatoms. The van der Waals surface area contributed by atoms with Crippen molar-refractivity contribution in [1.82, 2.24) is 19.1 Å². The third-order valence-corrected chi connectivity index (χ3v) is 10.8. The monoisotopic (exact) mass is 569 g/mol. The number of hydrogen-bond donors (Lipinski definition) is 0. The lowest BCUT2D eigenvalue weighted by Crippen LogP contribution is -2.45. The van der Waals surface area contributed by atoms with Gasteiger partial charge in [-0.15, -0.1) is 0 Å². The SMILES string of the molecule is Cc1nn(CCC#N)c2c1[P@](=Nc1ccccc1Br)(N1CCOCC1)N(C)C(c1ccccc1F)=N2. The minimum Gasteiger partial charge on any atom is -0.379 e. The molecule has 8 nitrogen and oxygen atoms in total. The minimum absolute atomic E-state index is 0.290. The highest BCUT2D eigenvalue weighted by atomic mass is 79.9. The Morgan fingerprint density at radius 2 is 1.89 bits per heavy atom. The lowest BCUT2D eigenvalue weighted by Gasteiger charge is -2.46. The van der Waals surface area contributed by atoms with Crippen molar-refractivity contribution < 1.29 is 9.13 Å². The standard InChI is InChI=1S/C25H26BrFN7OP/c1-18-23-25(34(30-18)13-7-12-28)29-24(19-8-3-5-10-21(19)27)32(2)36(23,33-14-16-35-17-15-33)31-22-11-6-4-9-20(22)26/h3-6,8-11H,7,13-17H2,1-2H3/t36-/m1/s1. The van der Waals surface area contributed by atoms with E-state index in [2.05, 4.69) is 31.3 Å². The van der Waals surface area contributed by atoms with Gasteiger partial charge in [-0.3, -0.25) is 0 Å². The highest BCUT2D eigenvalue weighted by Crippen LogP contribution is 2.62. The fourth-order valence-electron chi connectivity index (χ4n) is 4.69. The minimum atomic E-state index is -2.77. The summed E-state index contributed by atoms with van der Waals surface area (Å²) < 4.78 is 33.4. The zero-order chi connectivity index (χ0) is 25.3. The molecule has 3 aromatic rings. The number of hydrogen-bond acceptors (Lipinski definition) is 5. The van der Waals surface area contributed by atoms with Crippen LogP contribution in [0.5, 0.6) is 0 Å². The molecule has 36 heavy (non-hydrogen) atoms. The van der Waals surface area contributed by atoms with Crippen LogP contribution in [0.3, 0.4) is 0 Å². The molecule has 2 aliphatic rings. The normalized spacial score (nSPS) is 20.0. The highest BCUT2D eigenvalue weighted by Gasteiger charge is 2.45. The van der Waals surface area contributed by atoms with Crippen LogP contribution in [0.15, 0.2) is 62.7 Å². The second-order valence-electron chi connectivity index (χ2n) is 8.51. The number of aryl methyl sites for hydroxylation is 2. The van der Waals surface area contributed by atoms with Gasteiger partial charge < -0.3 is 9.41 Å². The van der Waals surface area contributed by atoms with E-state index in [0.717, 1.165) is 21.2 Å². The molecule has 1 saturated heterocycles. The van der Waals surface area contributed by atoms with Crippen LogP contribution >= 0.6 is 23.3 Å². The van der Waals surface area contributed by atoms with Gasteiger partial charge in [0.15, 0.2) is 13.2 Å². The number of amidine groups is 1. The Bertz CT molecular complexity index is 1420. The van der Waals surface area contributed by atoms with Crippen molar-refractivity contribution in [3.8, 4) is 6.07 Å². The molecule has 0 spiro atoms. The van der Waals surface area contributed by atoms with E-state index < -0.39 is 7.36 Å². The number of ether oxygens (including phenoxy) is 1. The number of aliphatic imine (C=N–C) groups is 1. The predicted molar refractivity (Wildman–Crippen MR) is 143 cm³/mol. The molecule has 2 aromatic carbocycles. The van der Waals surface area contributed by atoms with Gasteiger partial charge in [0.2, 0.25) is 0 Å². The first-order valence-electron chi connectivity index (χ1n) is 11.7. The molecule has 0 N–H and O–H groups in total. The van der Waals surface area contributed by atoms with Crippen molar-refractivity contribution in [2.24, 2.45) is 9.74 Å². The van der Waals surface area contributed by atoms with Crippen molar-refractivity contribution in [2.75, 3.05) is 33.4 Å². The lowest BCUT2D eigenvalue weighted by molar-refractivity contribution is 0.0732. The molecule has 1 aromatic heterocycles. The Morgan fingerprint density at radius 1 is 1.17 bits per heavy atom. The Kier molecular flexibility index (Phi) is 7.09. The van der Waals surface area contributed by atoms with Crippen LogP contribution < -0.4 is 5.30 Å². The number of nitrogens with zero attached hydrogens (tertiary/aromatic N) is 7. The van der Waals surface area contributed by atoms with Crippen LogP contribution in [0.1, 0.15) is 17.7 Å². The summed E-state index contributed by atoms with van der Waals surface area (Å²) in [6, 6.07) is 16.7. The second kappa shape index (κ2) is 10.3. The molecule has 0 unspecified atom stereocenters. The number of aromatic nitrogens is 2. The van der Waals surface area contributed by atoms with Crippen LogP contribution in [0.4, 0.5) is 15.9 Å². The number of halogens is 2. The van der Waals surface area contributed by atoms with Crippen molar-refractivity contribution in [1.29, 1.82) is 5.26 Å². The first-order valence-corrected chi connectivity index (χ1v) is 14.1. The van der Waals surface area contributed by atoms with Gasteiger partial charge in [-0.05, 0) is 47.1 Å². The molecule has 0 amide bonds. The largest absolute Gasteiger partial charge is 0.379 e. The van der Waals surface area contributed by atoms with Crippen LogP contribution in [0.2, 0.25) is 0 Å². The van der Waals surface area contributed by atoms with Crippen LogP contribution in [-0.2, 0) is 11.3 Å². The van der Waals surface area contributed by atoms with Gasteiger partial charge in [0.05, 0.1) is 54.5 Å². The summed E-state index contributed by atoms with van der Waals surface area (Å²) in [5.41, 5.74) is 2.01. The van der Waals surface area contributed by atoms with E-state index in [1.807, 2.05) is 44.3 Å². The fraction of sp³-hybridized carbons (Fsp3) is 0.320. The highest BCUT2D eigenvalue weighted by molar-refractivity contribution is 9.10. The van der Waals surface area contributed by atoms with Crippen molar-refractivity contribution in [3.63, 3.8) is 0 Å². The van der Waals surface area contributed by atoms with E-state index in [1.165, 1.54) is 6.07 Å². The Labute approximate surface area is 218 Å². The zero-order valence-corrected chi connectivity index (χ0v) is 22.6. The van der Waals surface area contributed by atoms with Gasteiger partial charge >= 0.3 is 0 Å². The maximum absolute atomic E-state index is 15.2. The van der Waals surface area contributed by atoms with Crippen molar-refractivity contribution in [3.05, 3.63) is 70.1 Å². The van der Waals surface area contributed by atoms with Gasteiger partial charge in [0.1, 0.15) is 11.7 Å². The summed E-state index contributed by atoms with van der Waals surface area (Å²) in [6.45, 7) is 4.83. The van der Waals surface area contributed by atoms with Crippen LogP contribution in [-0.4, -0.2) is 58.3 Å². The van der Waals surface area contributed by atoms with Crippen molar-refractivity contribution in [2.45, 2.75) is 19.9 Å². The molecule has 1 atom stereocenters. The Morgan fingerprint density at radius 3 is 2.61 bits per heavy atom. The van der Waals surface area contributed by atoms with Crippen LogP contribution in [0, 0.1) is 24.1 Å². The van der Waals surface area contributed by atoms with E-state index in [0.29, 0.717) is 56.5 Å². The van der Waals surface area contributed by atoms with Gasteiger partial charge in [-0.1, -0.05) is 24.3 Å². The van der Waals surface area contributed by atoms with Gasteiger partial charge in [-0.25, -0.2) is 23.5 Å². The first kappa shape index (κ1) is 24.8. The zero-order valence-electron chi connectivity index (χ0n) is 20.1. The molecule has 186 valence electrons.